The van der Waals surface area contributed by atoms with Gasteiger partial charge in [-0.3, -0.25) is 15.2 Å². The Bertz CT molecular complexity index is 1520. The zero-order valence-corrected chi connectivity index (χ0v) is 22.9. The number of carboxylic acid groups (broad SMARTS) is 1. The van der Waals surface area contributed by atoms with Crippen molar-refractivity contribution < 1.29 is 19.4 Å². The van der Waals surface area contributed by atoms with Crippen molar-refractivity contribution in [3.63, 3.8) is 0 Å². The number of nitrogens with zero attached hydrogens (tertiary/aromatic N) is 4. The van der Waals surface area contributed by atoms with Crippen LogP contribution in [-0.4, -0.2) is 61.0 Å². The van der Waals surface area contributed by atoms with Crippen LogP contribution in [0.3, 0.4) is 0 Å². The third-order valence-corrected chi connectivity index (χ3v) is 6.36. The minimum atomic E-state index is -0.833. The van der Waals surface area contributed by atoms with E-state index in [1.54, 1.807) is 18.5 Å². The van der Waals surface area contributed by atoms with Crippen LogP contribution >= 0.6 is 0 Å². The molecule has 0 radical (unpaired) electrons. The Labute approximate surface area is 236 Å². The van der Waals surface area contributed by atoms with E-state index >= 15 is 0 Å². The first kappa shape index (κ1) is 29.2. The number of hydrogen-bond acceptors (Lipinski definition) is 8. The number of benzene rings is 2. The minimum absolute atomic E-state index is 0.0163. The maximum absolute atomic E-state index is 12.8. The first-order chi connectivity index (χ1) is 19.7. The maximum atomic E-state index is 12.8. The zero-order valence-electron chi connectivity index (χ0n) is 22.9. The van der Waals surface area contributed by atoms with Gasteiger partial charge in [-0.1, -0.05) is 30.3 Å². The van der Waals surface area contributed by atoms with E-state index in [2.05, 4.69) is 26.1 Å². The smallest absolute Gasteiger partial charge is 0.350 e. The van der Waals surface area contributed by atoms with E-state index in [9.17, 15) is 4.79 Å². The highest BCUT2D eigenvalue weighted by Crippen LogP contribution is 2.31. The van der Waals surface area contributed by atoms with Gasteiger partial charge in [0.05, 0.1) is 13.2 Å². The summed E-state index contributed by atoms with van der Waals surface area (Å²) >= 11 is 0. The van der Waals surface area contributed by atoms with Crippen molar-refractivity contribution >= 4 is 11.8 Å². The summed E-state index contributed by atoms with van der Waals surface area (Å²) in [4.78, 5) is 33.1. The van der Waals surface area contributed by atoms with Crippen LogP contribution in [-0.2, 0) is 16.0 Å². The molecule has 12 heteroatoms. The summed E-state index contributed by atoms with van der Waals surface area (Å²) in [5.74, 6) is 0.385. The Kier molecular flexibility index (Phi) is 9.59. The highest BCUT2D eigenvalue weighted by Gasteiger charge is 2.23. The number of amidine groups is 1. The van der Waals surface area contributed by atoms with Crippen molar-refractivity contribution in [1.82, 2.24) is 24.7 Å². The number of H-pyrrole nitrogens is 1. The first-order valence-corrected chi connectivity index (χ1v) is 13.1. The lowest BCUT2D eigenvalue weighted by Crippen LogP contribution is -2.26. The topological polar surface area (TPSA) is 182 Å². The molecule has 1 unspecified atom stereocenters. The summed E-state index contributed by atoms with van der Waals surface area (Å²) < 4.78 is 13.0. The molecular weight excluding hydrogens is 526 g/mol. The molecule has 3 heterocycles. The van der Waals surface area contributed by atoms with Crippen LogP contribution in [0.15, 0.2) is 65.7 Å². The van der Waals surface area contributed by atoms with E-state index in [1.807, 2.05) is 43.3 Å². The van der Waals surface area contributed by atoms with Crippen molar-refractivity contribution in [1.29, 1.82) is 5.41 Å². The van der Waals surface area contributed by atoms with Crippen molar-refractivity contribution in [2.45, 2.75) is 45.1 Å². The largest absolute Gasteiger partial charge is 0.490 e. The molecule has 1 fully saturated rings. The van der Waals surface area contributed by atoms with Gasteiger partial charge in [-0.05, 0) is 48.2 Å². The SMILES string of the molecule is CC(=O)O.Cc1cc(OC2CCOCC2)cc(C(Cc2ccc(C(=N)N)cc2)c2nn(-c3ncccn3)c(=O)[nH]2)c1. The van der Waals surface area contributed by atoms with Gasteiger partial charge in [0.25, 0.3) is 11.9 Å². The number of aromatic nitrogens is 5. The van der Waals surface area contributed by atoms with Gasteiger partial charge in [0, 0.05) is 43.6 Å². The van der Waals surface area contributed by atoms with Crippen molar-refractivity contribution in [3.8, 4) is 11.7 Å². The number of nitrogens with two attached hydrogens (primary N) is 1. The van der Waals surface area contributed by atoms with Gasteiger partial charge in [0.15, 0.2) is 0 Å². The fourth-order valence-corrected chi connectivity index (χ4v) is 4.49. The predicted octanol–water partition coefficient (Wildman–Crippen LogP) is 2.97. The second-order valence-corrected chi connectivity index (χ2v) is 9.67. The molecule has 4 aromatic rings. The van der Waals surface area contributed by atoms with Crippen LogP contribution in [0.2, 0.25) is 0 Å². The third kappa shape index (κ3) is 8.08. The molecule has 1 atom stereocenters. The minimum Gasteiger partial charge on any atom is -0.490 e. The molecular formula is C29H33N7O5. The Morgan fingerprint density at radius 2 is 1.85 bits per heavy atom. The molecule has 2 aromatic heterocycles. The second-order valence-electron chi connectivity index (χ2n) is 9.67. The summed E-state index contributed by atoms with van der Waals surface area (Å²) in [5, 5.41) is 19.7. The number of aliphatic carboxylic acids is 1. The van der Waals surface area contributed by atoms with Gasteiger partial charge in [0.1, 0.15) is 23.5 Å². The lowest BCUT2D eigenvalue weighted by atomic mass is 9.90. The Morgan fingerprint density at radius 3 is 2.49 bits per heavy atom. The average Bonchev–Trinajstić information content (AvgIpc) is 3.33. The Hall–Kier alpha value is -4.84. The fraction of sp³-hybridized carbons (Fsp3) is 0.310. The van der Waals surface area contributed by atoms with Crippen LogP contribution in [0.5, 0.6) is 5.75 Å². The lowest BCUT2D eigenvalue weighted by molar-refractivity contribution is -0.134. The molecule has 1 saturated heterocycles. The lowest BCUT2D eigenvalue weighted by Gasteiger charge is -2.24. The van der Waals surface area contributed by atoms with Crippen LogP contribution in [0, 0.1) is 12.3 Å². The van der Waals surface area contributed by atoms with Gasteiger partial charge in [0.2, 0.25) is 0 Å². The van der Waals surface area contributed by atoms with Gasteiger partial charge >= 0.3 is 5.69 Å². The van der Waals surface area contributed by atoms with E-state index in [0.29, 0.717) is 31.0 Å². The van der Waals surface area contributed by atoms with Crippen LogP contribution < -0.4 is 16.2 Å². The summed E-state index contributed by atoms with van der Waals surface area (Å²) in [6, 6.07) is 15.3. The predicted molar refractivity (Wildman–Crippen MR) is 152 cm³/mol. The van der Waals surface area contributed by atoms with E-state index in [1.165, 1.54) is 4.68 Å². The van der Waals surface area contributed by atoms with Gasteiger partial charge in [-0.2, -0.15) is 0 Å². The molecule has 0 saturated carbocycles. The summed E-state index contributed by atoms with van der Waals surface area (Å²) in [6.07, 6.45) is 5.50. The van der Waals surface area contributed by atoms with Gasteiger partial charge in [-0.25, -0.2) is 14.8 Å². The monoisotopic (exact) mass is 559 g/mol. The zero-order chi connectivity index (χ0) is 29.4. The number of nitrogens with one attached hydrogen (secondary N) is 2. The second kappa shape index (κ2) is 13.5. The molecule has 0 aliphatic carbocycles. The highest BCUT2D eigenvalue weighted by molar-refractivity contribution is 5.94. The average molecular weight is 560 g/mol. The molecule has 12 nitrogen and oxygen atoms in total. The number of nitrogen functional groups attached to an aromatic ring is 1. The van der Waals surface area contributed by atoms with Crippen molar-refractivity contribution in [2.24, 2.45) is 5.73 Å². The normalized spacial score (nSPS) is 14.0. The molecule has 214 valence electrons. The Balaban J connectivity index is 0.000000909. The number of aromatic amines is 1. The molecule has 41 heavy (non-hydrogen) atoms. The molecule has 0 amide bonds. The standard InChI is InChI=1S/C27H29N7O3.C2H4O2/c1-17-13-20(16-22(14-17)37-21-7-11-36-12-8-21)23(15-18-3-5-19(6-4-18)24(28)29)25-32-27(35)34(33-25)26-30-9-2-10-31-26;1-2(3)4/h2-6,9-10,13-14,16,21,23H,7-8,11-12,15H2,1H3,(H3,28,29)(H,32,33,35);1H3,(H,3,4). The highest BCUT2D eigenvalue weighted by atomic mass is 16.5. The quantitative estimate of drug-likeness (QED) is 0.186. The van der Waals surface area contributed by atoms with Crippen molar-refractivity contribution in [3.05, 3.63) is 99.5 Å². The molecule has 5 rings (SSSR count). The van der Waals surface area contributed by atoms with Crippen LogP contribution in [0.1, 0.15) is 53.8 Å². The fourth-order valence-electron chi connectivity index (χ4n) is 4.49. The number of hydrogen-bond donors (Lipinski definition) is 4. The van der Waals surface area contributed by atoms with E-state index < -0.39 is 11.7 Å². The number of rotatable bonds is 8. The number of ether oxygens (including phenoxy) is 2. The number of carbonyl (C=O) groups is 1. The molecule has 0 bridgehead atoms. The molecule has 2 aromatic carbocycles. The molecule has 5 N–H and O–H groups in total. The van der Waals surface area contributed by atoms with Crippen molar-refractivity contribution in [2.75, 3.05) is 13.2 Å². The van der Waals surface area contributed by atoms with Gasteiger partial charge in [-0.15, -0.1) is 9.78 Å². The van der Waals surface area contributed by atoms with E-state index in [-0.39, 0.29) is 23.8 Å². The summed E-state index contributed by atoms with van der Waals surface area (Å²) in [5.41, 5.74) is 8.89. The first-order valence-electron chi connectivity index (χ1n) is 13.1. The van der Waals surface area contributed by atoms with Crippen LogP contribution in [0.25, 0.3) is 5.95 Å². The van der Waals surface area contributed by atoms with E-state index in [4.69, 9.17) is 30.5 Å². The molecule has 1 aliphatic heterocycles. The van der Waals surface area contributed by atoms with Gasteiger partial charge < -0.3 is 20.3 Å². The molecule has 0 spiro atoms. The molecule has 1 aliphatic rings. The Morgan fingerprint density at radius 1 is 1.20 bits per heavy atom. The number of carboxylic acids is 1. The third-order valence-electron chi connectivity index (χ3n) is 6.36. The van der Waals surface area contributed by atoms with Crippen LogP contribution in [0.4, 0.5) is 0 Å². The summed E-state index contributed by atoms with van der Waals surface area (Å²) in [6.45, 7) is 4.50. The van der Waals surface area contributed by atoms with E-state index in [0.717, 1.165) is 42.2 Å². The summed E-state index contributed by atoms with van der Waals surface area (Å²) in [7, 11) is 0. The number of aryl methyl sites for hydroxylation is 1. The maximum Gasteiger partial charge on any atom is 0.350 e.